The normalized spacial score (nSPS) is 11.4. The third kappa shape index (κ3) is 15.8. The van der Waals surface area contributed by atoms with E-state index >= 15 is 0 Å². The number of esters is 1. The number of hydrogen-bond acceptors (Lipinski definition) is 5. The van der Waals surface area contributed by atoms with E-state index < -0.39 is 16.0 Å². The highest BCUT2D eigenvalue weighted by molar-refractivity contribution is 7.79. The van der Waals surface area contributed by atoms with Gasteiger partial charge in [0.05, 0.1) is 5.56 Å². The first-order chi connectivity index (χ1) is 11.5. The Labute approximate surface area is 150 Å². The van der Waals surface area contributed by atoms with E-state index in [1.165, 1.54) is 25.7 Å². The van der Waals surface area contributed by atoms with Crippen LogP contribution in [-0.2, 0) is 15.1 Å². The van der Waals surface area contributed by atoms with E-state index in [0.717, 1.165) is 6.54 Å². The predicted molar refractivity (Wildman–Crippen MR) is 97.1 cm³/mol. The second-order valence-electron chi connectivity index (χ2n) is 6.20. The maximum atomic E-state index is 12.0. The van der Waals surface area contributed by atoms with Crippen LogP contribution in [0, 0.1) is 0 Å². The van der Waals surface area contributed by atoms with Crippen LogP contribution in [0.2, 0.25) is 0 Å². The van der Waals surface area contributed by atoms with Crippen LogP contribution in [0.1, 0.15) is 56.8 Å². The van der Waals surface area contributed by atoms with Crippen LogP contribution in [0.5, 0.6) is 0 Å². The Hall–Kier alpha value is -1.48. The van der Waals surface area contributed by atoms with Crippen molar-refractivity contribution < 1.29 is 27.1 Å². The van der Waals surface area contributed by atoms with Crippen molar-refractivity contribution in [3.05, 3.63) is 35.9 Å². The number of carbonyl (C=O) groups excluding carboxylic acids is 1. The maximum absolute atomic E-state index is 12.0. The molecule has 0 unspecified atom stereocenters. The maximum Gasteiger partial charge on any atom is 0.394 e. The highest BCUT2D eigenvalue weighted by Gasteiger charge is 2.23. The molecule has 0 radical (unpaired) electrons. The molecule has 1 aromatic rings. The van der Waals surface area contributed by atoms with E-state index in [4.69, 9.17) is 22.3 Å². The zero-order valence-corrected chi connectivity index (χ0v) is 15.9. The van der Waals surface area contributed by atoms with Gasteiger partial charge in [0.2, 0.25) is 0 Å². The monoisotopic (exact) mass is 375 g/mol. The second kappa shape index (κ2) is 12.0. The molecule has 0 fully saturated rings. The van der Waals surface area contributed by atoms with Gasteiger partial charge in [-0.15, -0.1) is 0 Å². The standard InChI is InChI=1S/C17H27NO2.H2O4S/c1-4-5-6-10-13-18-14-17(2,3)20-16(19)15-11-8-7-9-12-15;1-5(2,3)4/h7-9,11-12,18H,4-6,10,13-14H2,1-3H3;(H2,1,2,3,4). The minimum atomic E-state index is -4.67. The molecule has 1 rings (SSSR count). The fraction of sp³-hybridized carbons (Fsp3) is 0.588. The molecular formula is C17H29NO6S. The summed E-state index contributed by atoms with van der Waals surface area (Å²) in [6.07, 6.45) is 4.97. The Balaban J connectivity index is 0.00000101. The van der Waals surface area contributed by atoms with Crippen molar-refractivity contribution in [1.82, 2.24) is 5.32 Å². The predicted octanol–water partition coefficient (Wildman–Crippen LogP) is 3.14. The minimum absolute atomic E-state index is 0.261. The number of unbranched alkanes of at least 4 members (excludes halogenated alkanes) is 3. The van der Waals surface area contributed by atoms with Crippen LogP contribution in [-0.4, -0.2) is 42.2 Å². The molecule has 0 bridgehead atoms. The summed E-state index contributed by atoms with van der Waals surface area (Å²) in [5.41, 5.74) is 0.112. The number of carbonyl (C=O) groups is 1. The van der Waals surface area contributed by atoms with E-state index in [1.54, 1.807) is 12.1 Å². The summed E-state index contributed by atoms with van der Waals surface area (Å²) in [5, 5.41) is 3.36. The molecule has 0 aliphatic heterocycles. The molecule has 0 amide bonds. The van der Waals surface area contributed by atoms with Crippen LogP contribution in [0.4, 0.5) is 0 Å². The first-order valence-corrected chi connectivity index (χ1v) is 9.64. The molecule has 0 saturated heterocycles. The van der Waals surface area contributed by atoms with Gasteiger partial charge in [0.25, 0.3) is 0 Å². The number of benzene rings is 1. The highest BCUT2D eigenvalue weighted by atomic mass is 32.3. The Morgan fingerprint density at radius 1 is 1.12 bits per heavy atom. The Morgan fingerprint density at radius 3 is 2.20 bits per heavy atom. The highest BCUT2D eigenvalue weighted by Crippen LogP contribution is 2.12. The molecule has 0 atom stereocenters. The van der Waals surface area contributed by atoms with Crippen molar-refractivity contribution >= 4 is 16.4 Å². The van der Waals surface area contributed by atoms with Gasteiger partial charge in [-0.2, -0.15) is 8.42 Å². The van der Waals surface area contributed by atoms with Crippen molar-refractivity contribution in [1.29, 1.82) is 0 Å². The molecule has 1 aromatic carbocycles. The van der Waals surface area contributed by atoms with Crippen molar-refractivity contribution in [3.63, 3.8) is 0 Å². The summed E-state index contributed by atoms with van der Waals surface area (Å²) in [6, 6.07) is 9.12. The molecular weight excluding hydrogens is 346 g/mol. The molecule has 8 heteroatoms. The first-order valence-electron chi connectivity index (χ1n) is 8.24. The largest absolute Gasteiger partial charge is 0.455 e. The van der Waals surface area contributed by atoms with E-state index in [1.807, 2.05) is 32.0 Å². The van der Waals surface area contributed by atoms with Crippen molar-refractivity contribution in [2.75, 3.05) is 13.1 Å². The van der Waals surface area contributed by atoms with E-state index in [0.29, 0.717) is 12.1 Å². The van der Waals surface area contributed by atoms with Crippen LogP contribution >= 0.6 is 0 Å². The van der Waals surface area contributed by atoms with Crippen molar-refractivity contribution in [3.8, 4) is 0 Å². The Morgan fingerprint density at radius 2 is 1.68 bits per heavy atom. The SMILES string of the molecule is CCCCCCNCC(C)(C)OC(=O)c1ccccc1.O=S(=O)(O)O. The van der Waals surface area contributed by atoms with Gasteiger partial charge in [0.1, 0.15) is 5.60 Å². The quantitative estimate of drug-likeness (QED) is 0.345. The number of rotatable bonds is 9. The summed E-state index contributed by atoms with van der Waals surface area (Å²) in [6.45, 7) is 7.74. The van der Waals surface area contributed by atoms with Gasteiger partial charge in [-0.1, -0.05) is 44.4 Å². The van der Waals surface area contributed by atoms with Crippen LogP contribution in [0.25, 0.3) is 0 Å². The molecule has 0 spiro atoms. The van der Waals surface area contributed by atoms with Crippen LogP contribution in [0.15, 0.2) is 30.3 Å². The molecule has 0 saturated carbocycles. The molecule has 0 aliphatic carbocycles. The lowest BCUT2D eigenvalue weighted by Crippen LogP contribution is -2.39. The Bertz CT molecular complexity index is 578. The van der Waals surface area contributed by atoms with Gasteiger partial charge in [-0.3, -0.25) is 9.11 Å². The lowest BCUT2D eigenvalue weighted by molar-refractivity contribution is -0.000418. The number of hydrogen-bond donors (Lipinski definition) is 3. The van der Waals surface area contributed by atoms with Crippen LogP contribution < -0.4 is 5.32 Å². The molecule has 3 N–H and O–H groups in total. The van der Waals surface area contributed by atoms with E-state index in [-0.39, 0.29) is 5.97 Å². The minimum Gasteiger partial charge on any atom is -0.455 e. The lowest BCUT2D eigenvalue weighted by atomic mass is 10.1. The third-order valence-corrected chi connectivity index (χ3v) is 3.14. The van der Waals surface area contributed by atoms with Gasteiger partial charge < -0.3 is 10.1 Å². The average molecular weight is 375 g/mol. The fourth-order valence-electron chi connectivity index (χ4n) is 1.99. The van der Waals surface area contributed by atoms with Gasteiger partial charge in [-0.25, -0.2) is 4.79 Å². The molecule has 0 heterocycles. The van der Waals surface area contributed by atoms with E-state index in [9.17, 15) is 4.79 Å². The van der Waals surface area contributed by atoms with E-state index in [2.05, 4.69) is 12.2 Å². The first kappa shape index (κ1) is 23.5. The third-order valence-electron chi connectivity index (χ3n) is 3.14. The molecule has 7 nitrogen and oxygen atoms in total. The lowest BCUT2D eigenvalue weighted by Gasteiger charge is -2.25. The number of ether oxygens (including phenoxy) is 1. The molecule has 144 valence electrons. The fourth-order valence-corrected chi connectivity index (χ4v) is 1.99. The van der Waals surface area contributed by atoms with Crippen LogP contribution in [0.3, 0.4) is 0 Å². The summed E-state index contributed by atoms with van der Waals surface area (Å²) in [7, 11) is -4.67. The molecule has 25 heavy (non-hydrogen) atoms. The van der Waals surface area contributed by atoms with Gasteiger partial charge in [-0.05, 0) is 38.9 Å². The summed E-state index contributed by atoms with van der Waals surface area (Å²) in [4.78, 5) is 12.0. The van der Waals surface area contributed by atoms with Gasteiger partial charge >= 0.3 is 16.4 Å². The summed E-state index contributed by atoms with van der Waals surface area (Å²) in [5.74, 6) is -0.261. The topological polar surface area (TPSA) is 113 Å². The number of nitrogens with one attached hydrogen (secondary N) is 1. The zero-order valence-electron chi connectivity index (χ0n) is 15.1. The smallest absolute Gasteiger partial charge is 0.394 e. The summed E-state index contributed by atoms with van der Waals surface area (Å²) < 4.78 is 37.1. The Kier molecular flexibility index (Phi) is 11.3. The van der Waals surface area contributed by atoms with Gasteiger partial charge in [0, 0.05) is 6.54 Å². The molecule has 0 aliphatic rings. The van der Waals surface area contributed by atoms with Crippen molar-refractivity contribution in [2.45, 2.75) is 52.1 Å². The van der Waals surface area contributed by atoms with Gasteiger partial charge in [0.15, 0.2) is 0 Å². The second-order valence-corrected chi connectivity index (χ2v) is 7.10. The summed E-state index contributed by atoms with van der Waals surface area (Å²) >= 11 is 0. The molecule has 0 aromatic heterocycles. The zero-order chi connectivity index (χ0) is 19.3. The average Bonchev–Trinajstić information content (AvgIpc) is 2.49. The van der Waals surface area contributed by atoms with Crippen molar-refractivity contribution in [2.24, 2.45) is 0 Å².